The van der Waals surface area contributed by atoms with Gasteiger partial charge < -0.3 is 11.1 Å². The Bertz CT molecular complexity index is 395. The summed E-state index contributed by atoms with van der Waals surface area (Å²) in [5, 5.41) is 3.16. The van der Waals surface area contributed by atoms with Crippen LogP contribution in [0.1, 0.15) is 0 Å². The lowest BCUT2D eigenvalue weighted by molar-refractivity contribution is 1.31. The highest BCUT2D eigenvalue weighted by Gasteiger charge is 1.93. The first-order chi connectivity index (χ1) is 6.84. The van der Waals surface area contributed by atoms with Crippen molar-refractivity contribution in [1.29, 1.82) is 0 Å². The van der Waals surface area contributed by atoms with Crippen LogP contribution in [0.3, 0.4) is 0 Å². The third-order valence-electron chi connectivity index (χ3n) is 1.83. The lowest BCUT2D eigenvalue weighted by Crippen LogP contribution is -1.93. The zero-order valence-corrected chi connectivity index (χ0v) is 7.64. The molecule has 0 radical (unpaired) electrons. The number of hydrogen-bond acceptors (Lipinski definition) is 3. The molecule has 0 bridgehead atoms. The molecule has 3 heteroatoms. The zero-order chi connectivity index (χ0) is 9.80. The van der Waals surface area contributed by atoms with Crippen LogP contribution in [0.4, 0.5) is 17.2 Å². The highest BCUT2D eigenvalue weighted by molar-refractivity contribution is 5.56. The van der Waals surface area contributed by atoms with Crippen LogP contribution >= 0.6 is 0 Å². The minimum Gasteiger partial charge on any atom is -0.397 e. The van der Waals surface area contributed by atoms with Gasteiger partial charge in [-0.3, -0.25) is 0 Å². The van der Waals surface area contributed by atoms with Crippen molar-refractivity contribution < 1.29 is 0 Å². The van der Waals surface area contributed by atoms with Gasteiger partial charge in [0, 0.05) is 5.69 Å². The molecule has 1 aromatic heterocycles. The van der Waals surface area contributed by atoms with Crippen LogP contribution in [0.2, 0.25) is 0 Å². The van der Waals surface area contributed by atoms with E-state index in [0.29, 0.717) is 5.69 Å². The number of benzene rings is 1. The summed E-state index contributed by atoms with van der Waals surface area (Å²) >= 11 is 0. The summed E-state index contributed by atoms with van der Waals surface area (Å²) in [6.07, 6.45) is 1.63. The van der Waals surface area contributed by atoms with Crippen molar-refractivity contribution in [2.45, 2.75) is 0 Å². The summed E-state index contributed by atoms with van der Waals surface area (Å²) in [6, 6.07) is 13.6. The minimum atomic E-state index is 0.670. The van der Waals surface area contributed by atoms with E-state index in [1.54, 1.807) is 6.20 Å². The summed E-state index contributed by atoms with van der Waals surface area (Å²) < 4.78 is 0. The molecule has 3 N–H and O–H groups in total. The first-order valence-electron chi connectivity index (χ1n) is 4.38. The minimum absolute atomic E-state index is 0.670. The quantitative estimate of drug-likeness (QED) is 0.755. The van der Waals surface area contributed by atoms with E-state index < -0.39 is 0 Å². The molecule has 14 heavy (non-hydrogen) atoms. The number of nitrogens with zero attached hydrogens (tertiary/aromatic N) is 1. The van der Waals surface area contributed by atoms with Gasteiger partial charge in [0.2, 0.25) is 0 Å². The molecule has 1 aromatic carbocycles. The average molecular weight is 185 g/mol. The molecule has 0 saturated carbocycles. The van der Waals surface area contributed by atoms with E-state index in [1.807, 2.05) is 42.5 Å². The van der Waals surface area contributed by atoms with Crippen molar-refractivity contribution in [3.05, 3.63) is 48.7 Å². The van der Waals surface area contributed by atoms with Gasteiger partial charge in [-0.2, -0.15) is 0 Å². The monoisotopic (exact) mass is 185 g/mol. The Labute approximate surface area is 82.6 Å². The van der Waals surface area contributed by atoms with Gasteiger partial charge in [0.15, 0.2) is 0 Å². The smallest absolute Gasteiger partial charge is 0.130 e. The Balaban J connectivity index is 2.16. The highest BCUT2D eigenvalue weighted by Crippen LogP contribution is 2.13. The molecule has 0 spiro atoms. The summed E-state index contributed by atoms with van der Waals surface area (Å²) in [6.45, 7) is 0. The van der Waals surface area contributed by atoms with Gasteiger partial charge in [-0.15, -0.1) is 0 Å². The molecular formula is C11H11N3. The molecule has 0 aliphatic rings. The van der Waals surface area contributed by atoms with E-state index in [4.69, 9.17) is 5.73 Å². The van der Waals surface area contributed by atoms with Crippen LogP contribution in [0.5, 0.6) is 0 Å². The van der Waals surface area contributed by atoms with E-state index >= 15 is 0 Å². The molecule has 0 saturated heterocycles. The molecule has 0 aliphatic carbocycles. The molecule has 2 rings (SSSR count). The maximum Gasteiger partial charge on any atom is 0.130 e. The number of rotatable bonds is 2. The normalized spacial score (nSPS) is 9.71. The Morgan fingerprint density at radius 3 is 2.43 bits per heavy atom. The molecule has 3 nitrogen and oxygen atoms in total. The Kier molecular flexibility index (Phi) is 2.32. The number of nitrogens with one attached hydrogen (secondary N) is 1. The molecule has 0 atom stereocenters. The third-order valence-corrected chi connectivity index (χ3v) is 1.83. The highest BCUT2D eigenvalue weighted by atomic mass is 15.0. The van der Waals surface area contributed by atoms with Gasteiger partial charge in [-0.25, -0.2) is 4.98 Å². The Morgan fingerprint density at radius 1 is 1.00 bits per heavy atom. The lowest BCUT2D eigenvalue weighted by Gasteiger charge is -2.04. The molecule has 1 heterocycles. The Hall–Kier alpha value is -2.03. The second kappa shape index (κ2) is 3.79. The van der Waals surface area contributed by atoms with Crippen LogP contribution < -0.4 is 11.1 Å². The van der Waals surface area contributed by atoms with E-state index in [2.05, 4.69) is 10.3 Å². The largest absolute Gasteiger partial charge is 0.397 e. The number of hydrogen-bond donors (Lipinski definition) is 2. The predicted molar refractivity (Wildman–Crippen MR) is 58.4 cm³/mol. The average Bonchev–Trinajstić information content (AvgIpc) is 2.23. The second-order valence-electron chi connectivity index (χ2n) is 2.97. The van der Waals surface area contributed by atoms with Crippen LogP contribution in [-0.2, 0) is 0 Å². The number of para-hydroxylation sites is 1. The van der Waals surface area contributed by atoms with Gasteiger partial charge >= 0.3 is 0 Å². The topological polar surface area (TPSA) is 50.9 Å². The van der Waals surface area contributed by atoms with Crippen molar-refractivity contribution in [1.82, 2.24) is 4.98 Å². The second-order valence-corrected chi connectivity index (χ2v) is 2.97. The SMILES string of the molecule is Nc1ccc(Nc2ccccc2)nc1. The molecule has 0 unspecified atom stereocenters. The van der Waals surface area contributed by atoms with Crippen molar-refractivity contribution in [2.24, 2.45) is 0 Å². The van der Waals surface area contributed by atoms with E-state index in [1.165, 1.54) is 0 Å². The van der Waals surface area contributed by atoms with E-state index in [9.17, 15) is 0 Å². The van der Waals surface area contributed by atoms with Crippen molar-refractivity contribution in [3.63, 3.8) is 0 Å². The molecule has 70 valence electrons. The van der Waals surface area contributed by atoms with Gasteiger partial charge in [0.25, 0.3) is 0 Å². The number of pyridine rings is 1. The van der Waals surface area contributed by atoms with Crippen LogP contribution in [0.15, 0.2) is 48.7 Å². The fourth-order valence-corrected chi connectivity index (χ4v) is 1.15. The standard InChI is InChI=1S/C11H11N3/c12-9-6-7-11(13-8-9)14-10-4-2-1-3-5-10/h1-8H,12H2,(H,13,14). The van der Waals surface area contributed by atoms with Gasteiger partial charge in [0.1, 0.15) is 5.82 Å². The van der Waals surface area contributed by atoms with Crippen LogP contribution in [-0.4, -0.2) is 4.98 Å². The van der Waals surface area contributed by atoms with Crippen molar-refractivity contribution in [2.75, 3.05) is 11.1 Å². The molecular weight excluding hydrogens is 174 g/mol. The first-order valence-corrected chi connectivity index (χ1v) is 4.38. The zero-order valence-electron chi connectivity index (χ0n) is 7.64. The van der Waals surface area contributed by atoms with E-state index in [-0.39, 0.29) is 0 Å². The summed E-state index contributed by atoms with van der Waals surface area (Å²) in [4.78, 5) is 4.14. The maximum absolute atomic E-state index is 5.53. The number of nitrogen functional groups attached to an aromatic ring is 1. The first kappa shape index (κ1) is 8.56. The van der Waals surface area contributed by atoms with Crippen LogP contribution in [0.25, 0.3) is 0 Å². The fourth-order valence-electron chi connectivity index (χ4n) is 1.15. The fraction of sp³-hybridized carbons (Fsp3) is 0. The van der Waals surface area contributed by atoms with Gasteiger partial charge in [-0.1, -0.05) is 18.2 Å². The van der Waals surface area contributed by atoms with Gasteiger partial charge in [0.05, 0.1) is 11.9 Å². The third kappa shape index (κ3) is 2.01. The van der Waals surface area contributed by atoms with Crippen LogP contribution in [0, 0.1) is 0 Å². The number of nitrogens with two attached hydrogens (primary N) is 1. The molecule has 0 amide bonds. The number of aromatic nitrogens is 1. The lowest BCUT2D eigenvalue weighted by atomic mass is 10.3. The summed E-state index contributed by atoms with van der Waals surface area (Å²) in [5.41, 5.74) is 7.22. The van der Waals surface area contributed by atoms with Gasteiger partial charge in [-0.05, 0) is 24.3 Å². The van der Waals surface area contributed by atoms with E-state index in [0.717, 1.165) is 11.5 Å². The maximum atomic E-state index is 5.53. The number of anilines is 3. The summed E-state index contributed by atoms with van der Waals surface area (Å²) in [5.74, 6) is 0.797. The van der Waals surface area contributed by atoms with Crippen molar-refractivity contribution >= 4 is 17.2 Å². The predicted octanol–water partition coefficient (Wildman–Crippen LogP) is 2.41. The molecule has 2 aromatic rings. The molecule has 0 fully saturated rings. The summed E-state index contributed by atoms with van der Waals surface area (Å²) in [7, 11) is 0. The Morgan fingerprint density at radius 2 is 1.79 bits per heavy atom. The van der Waals surface area contributed by atoms with Crippen molar-refractivity contribution in [3.8, 4) is 0 Å². The molecule has 0 aliphatic heterocycles.